The maximum absolute atomic E-state index is 11.7. The number of hydrogen-bond acceptors (Lipinski definition) is 3. The first-order chi connectivity index (χ1) is 7.56. The molecule has 5 nitrogen and oxygen atoms in total. The number of Topliss-reactive ketones (excluding diaryl/α,β-unsaturated/α-hetero) is 1. The lowest BCUT2D eigenvalue weighted by molar-refractivity contribution is -0.145. The highest BCUT2D eigenvalue weighted by Crippen LogP contribution is 2.21. The monoisotopic (exact) mass is 227 g/mol. The summed E-state index contributed by atoms with van der Waals surface area (Å²) in [6.45, 7) is 2.23. The largest absolute Gasteiger partial charge is 0.481 e. The number of rotatable bonds is 5. The number of carboxylic acid groups (broad SMARTS) is 1. The SMILES string of the molecule is CCC(=O)C(=O)N1CCC[C@H]1CCC(=O)O. The van der Waals surface area contributed by atoms with E-state index in [-0.39, 0.29) is 24.7 Å². The third kappa shape index (κ3) is 3.05. The van der Waals surface area contributed by atoms with Crippen molar-refractivity contribution in [2.75, 3.05) is 6.54 Å². The molecule has 1 rings (SSSR count). The second kappa shape index (κ2) is 5.63. The van der Waals surface area contributed by atoms with Gasteiger partial charge in [-0.25, -0.2) is 0 Å². The first-order valence-corrected chi connectivity index (χ1v) is 5.61. The number of ketones is 1. The summed E-state index contributed by atoms with van der Waals surface area (Å²) in [5.74, 6) is -1.70. The number of likely N-dealkylation sites (tertiary alicyclic amines) is 1. The molecule has 0 bridgehead atoms. The van der Waals surface area contributed by atoms with Gasteiger partial charge in [0.25, 0.3) is 5.91 Å². The summed E-state index contributed by atoms with van der Waals surface area (Å²) >= 11 is 0. The van der Waals surface area contributed by atoms with Crippen molar-refractivity contribution in [2.24, 2.45) is 0 Å². The van der Waals surface area contributed by atoms with Gasteiger partial charge in [-0.05, 0) is 19.3 Å². The van der Waals surface area contributed by atoms with Crippen molar-refractivity contribution in [1.82, 2.24) is 4.90 Å². The molecule has 1 heterocycles. The highest BCUT2D eigenvalue weighted by molar-refractivity contribution is 6.36. The Bertz CT molecular complexity index is 300. The van der Waals surface area contributed by atoms with E-state index >= 15 is 0 Å². The molecule has 0 aromatic heterocycles. The van der Waals surface area contributed by atoms with Crippen LogP contribution >= 0.6 is 0 Å². The second-order valence-corrected chi connectivity index (χ2v) is 4.00. The zero-order chi connectivity index (χ0) is 12.1. The van der Waals surface area contributed by atoms with E-state index in [2.05, 4.69) is 0 Å². The number of carbonyl (C=O) groups excluding carboxylic acids is 2. The summed E-state index contributed by atoms with van der Waals surface area (Å²) in [5, 5.41) is 8.58. The molecule has 1 aliphatic heterocycles. The highest BCUT2D eigenvalue weighted by atomic mass is 16.4. The van der Waals surface area contributed by atoms with Gasteiger partial charge >= 0.3 is 5.97 Å². The van der Waals surface area contributed by atoms with Crippen LogP contribution in [-0.4, -0.2) is 40.3 Å². The molecule has 0 unspecified atom stereocenters. The van der Waals surface area contributed by atoms with Gasteiger partial charge in [0.1, 0.15) is 0 Å². The van der Waals surface area contributed by atoms with E-state index in [9.17, 15) is 14.4 Å². The molecule has 0 spiro atoms. The maximum Gasteiger partial charge on any atom is 0.303 e. The zero-order valence-electron chi connectivity index (χ0n) is 9.44. The fraction of sp³-hybridized carbons (Fsp3) is 0.727. The first kappa shape index (κ1) is 12.7. The fourth-order valence-corrected chi connectivity index (χ4v) is 2.00. The van der Waals surface area contributed by atoms with Crippen LogP contribution in [0.25, 0.3) is 0 Å². The van der Waals surface area contributed by atoms with Crippen LogP contribution in [-0.2, 0) is 14.4 Å². The summed E-state index contributed by atoms with van der Waals surface area (Å²) in [6, 6.07) is -0.0703. The number of nitrogens with zero attached hydrogens (tertiary/aromatic N) is 1. The van der Waals surface area contributed by atoms with Crippen molar-refractivity contribution in [3.8, 4) is 0 Å². The standard InChI is InChI=1S/C11H17NO4/c1-2-9(13)11(16)12-7-3-4-8(12)5-6-10(14)15/h8H,2-7H2,1H3,(H,14,15)/t8-/m0/s1. The van der Waals surface area contributed by atoms with Crippen molar-refractivity contribution in [2.45, 2.75) is 45.1 Å². The number of aliphatic carboxylic acids is 1. The topological polar surface area (TPSA) is 74.7 Å². The Morgan fingerprint density at radius 2 is 2.06 bits per heavy atom. The quantitative estimate of drug-likeness (QED) is 0.706. The van der Waals surface area contributed by atoms with Crippen molar-refractivity contribution >= 4 is 17.7 Å². The molecule has 0 aliphatic carbocycles. The lowest BCUT2D eigenvalue weighted by Gasteiger charge is -2.23. The van der Waals surface area contributed by atoms with E-state index in [1.54, 1.807) is 6.92 Å². The molecular formula is C11H17NO4. The third-order valence-electron chi connectivity index (χ3n) is 2.89. The average Bonchev–Trinajstić information content (AvgIpc) is 2.72. The van der Waals surface area contributed by atoms with Crippen molar-refractivity contribution in [3.63, 3.8) is 0 Å². The molecular weight excluding hydrogens is 210 g/mol. The molecule has 0 radical (unpaired) electrons. The zero-order valence-corrected chi connectivity index (χ0v) is 9.44. The Hall–Kier alpha value is -1.39. The molecule has 1 amide bonds. The molecule has 0 saturated carbocycles. The smallest absolute Gasteiger partial charge is 0.303 e. The lowest BCUT2D eigenvalue weighted by Crippen LogP contribution is -2.40. The van der Waals surface area contributed by atoms with Crippen LogP contribution < -0.4 is 0 Å². The van der Waals surface area contributed by atoms with E-state index < -0.39 is 11.9 Å². The van der Waals surface area contributed by atoms with Gasteiger partial charge in [0.05, 0.1) is 0 Å². The lowest BCUT2D eigenvalue weighted by atomic mass is 10.1. The molecule has 1 aliphatic rings. The number of carbonyl (C=O) groups is 3. The van der Waals surface area contributed by atoms with E-state index in [1.807, 2.05) is 0 Å². The van der Waals surface area contributed by atoms with E-state index in [4.69, 9.17) is 5.11 Å². The van der Waals surface area contributed by atoms with Gasteiger partial charge in [0, 0.05) is 25.4 Å². The average molecular weight is 227 g/mol. The number of amides is 1. The molecule has 90 valence electrons. The fourth-order valence-electron chi connectivity index (χ4n) is 2.00. The Balaban J connectivity index is 2.54. The predicted molar refractivity (Wildman–Crippen MR) is 56.9 cm³/mol. The maximum atomic E-state index is 11.7. The van der Waals surface area contributed by atoms with Crippen molar-refractivity contribution in [1.29, 1.82) is 0 Å². The molecule has 1 saturated heterocycles. The molecule has 16 heavy (non-hydrogen) atoms. The Labute approximate surface area is 94.4 Å². The van der Waals surface area contributed by atoms with Crippen LogP contribution in [0.1, 0.15) is 39.0 Å². The highest BCUT2D eigenvalue weighted by Gasteiger charge is 2.31. The minimum absolute atomic E-state index is 0.0504. The van der Waals surface area contributed by atoms with Gasteiger partial charge in [-0.3, -0.25) is 14.4 Å². The van der Waals surface area contributed by atoms with E-state index in [1.165, 1.54) is 4.90 Å². The van der Waals surface area contributed by atoms with Crippen LogP contribution in [0.2, 0.25) is 0 Å². The minimum Gasteiger partial charge on any atom is -0.481 e. The summed E-state index contributed by atoms with van der Waals surface area (Å²) < 4.78 is 0. The van der Waals surface area contributed by atoms with Crippen LogP contribution in [0.5, 0.6) is 0 Å². The summed E-state index contributed by atoms with van der Waals surface area (Å²) in [7, 11) is 0. The second-order valence-electron chi connectivity index (χ2n) is 4.00. The molecule has 0 aromatic carbocycles. The molecule has 1 N–H and O–H groups in total. The van der Waals surface area contributed by atoms with Gasteiger partial charge in [-0.1, -0.05) is 6.92 Å². The van der Waals surface area contributed by atoms with Crippen LogP contribution in [0.3, 0.4) is 0 Å². The predicted octanol–water partition coefficient (Wildman–Crippen LogP) is 0.821. The Kier molecular flexibility index (Phi) is 4.46. The Morgan fingerprint density at radius 1 is 1.38 bits per heavy atom. The van der Waals surface area contributed by atoms with Gasteiger partial charge in [-0.15, -0.1) is 0 Å². The summed E-state index contributed by atoms with van der Waals surface area (Å²) in [4.78, 5) is 34.9. The number of hydrogen-bond donors (Lipinski definition) is 1. The van der Waals surface area contributed by atoms with Crippen LogP contribution in [0, 0.1) is 0 Å². The number of carboxylic acids is 1. The molecule has 1 atom stereocenters. The van der Waals surface area contributed by atoms with Gasteiger partial charge in [-0.2, -0.15) is 0 Å². The summed E-state index contributed by atoms with van der Waals surface area (Å²) in [6.07, 6.45) is 2.36. The first-order valence-electron chi connectivity index (χ1n) is 5.61. The molecule has 0 aromatic rings. The molecule has 1 fully saturated rings. The van der Waals surface area contributed by atoms with Gasteiger partial charge in [0.2, 0.25) is 5.78 Å². The van der Waals surface area contributed by atoms with E-state index in [0.717, 1.165) is 12.8 Å². The van der Waals surface area contributed by atoms with Gasteiger partial charge < -0.3 is 10.0 Å². The van der Waals surface area contributed by atoms with Crippen molar-refractivity contribution in [3.05, 3.63) is 0 Å². The Morgan fingerprint density at radius 3 is 2.62 bits per heavy atom. The van der Waals surface area contributed by atoms with Gasteiger partial charge in [0.15, 0.2) is 0 Å². The van der Waals surface area contributed by atoms with Crippen LogP contribution in [0.15, 0.2) is 0 Å². The summed E-state index contributed by atoms with van der Waals surface area (Å²) in [5.41, 5.74) is 0. The normalized spacial score (nSPS) is 19.8. The third-order valence-corrected chi connectivity index (χ3v) is 2.89. The van der Waals surface area contributed by atoms with E-state index in [0.29, 0.717) is 13.0 Å². The van der Waals surface area contributed by atoms with Crippen molar-refractivity contribution < 1.29 is 19.5 Å². The molecule has 5 heteroatoms. The minimum atomic E-state index is -0.860. The van der Waals surface area contributed by atoms with Crippen LogP contribution in [0.4, 0.5) is 0 Å².